The van der Waals surface area contributed by atoms with E-state index >= 15 is 0 Å². The third-order valence-electron chi connectivity index (χ3n) is 4.32. The molecule has 4 rings (SSSR count). The zero-order valence-electron chi connectivity index (χ0n) is 15.2. The number of nitrogens with one attached hydrogen (secondary N) is 1. The molecule has 0 fully saturated rings. The van der Waals surface area contributed by atoms with Crippen molar-refractivity contribution in [3.05, 3.63) is 101 Å². The average Bonchev–Trinajstić information content (AvgIpc) is 3.18. The van der Waals surface area contributed by atoms with Gasteiger partial charge in [0.2, 0.25) is 0 Å². The van der Waals surface area contributed by atoms with E-state index in [-0.39, 0.29) is 11.7 Å². The van der Waals surface area contributed by atoms with Crippen LogP contribution in [0, 0.1) is 5.82 Å². The second-order valence-electron chi connectivity index (χ2n) is 6.31. The van der Waals surface area contributed by atoms with Crippen LogP contribution in [-0.4, -0.2) is 20.7 Å². The first-order valence-electron chi connectivity index (χ1n) is 8.91. The van der Waals surface area contributed by atoms with Crippen molar-refractivity contribution in [3.8, 4) is 11.4 Å². The Labute approximate surface area is 171 Å². The molecular formula is C22H16ClFN4O. The van der Waals surface area contributed by atoms with E-state index in [1.165, 1.54) is 16.8 Å². The summed E-state index contributed by atoms with van der Waals surface area (Å²) in [7, 11) is 0. The zero-order valence-corrected chi connectivity index (χ0v) is 16.0. The highest BCUT2D eigenvalue weighted by atomic mass is 35.5. The fourth-order valence-electron chi connectivity index (χ4n) is 2.84. The van der Waals surface area contributed by atoms with Gasteiger partial charge in [-0.15, -0.1) is 0 Å². The van der Waals surface area contributed by atoms with Gasteiger partial charge in [0.15, 0.2) is 0 Å². The van der Waals surface area contributed by atoms with Gasteiger partial charge in [-0.2, -0.15) is 9.78 Å². The fourth-order valence-corrected chi connectivity index (χ4v) is 3.06. The largest absolute Gasteiger partial charge is 0.366 e. The molecule has 0 aliphatic heterocycles. The molecule has 0 saturated heterocycles. The van der Waals surface area contributed by atoms with E-state index in [4.69, 9.17) is 11.6 Å². The Morgan fingerprint density at radius 2 is 1.76 bits per heavy atom. The first-order chi connectivity index (χ1) is 14.1. The van der Waals surface area contributed by atoms with Crippen molar-refractivity contribution >= 4 is 23.3 Å². The number of anilines is 1. The third-order valence-corrected chi connectivity index (χ3v) is 4.65. The van der Waals surface area contributed by atoms with Crippen molar-refractivity contribution in [1.82, 2.24) is 14.8 Å². The summed E-state index contributed by atoms with van der Waals surface area (Å²) in [6.07, 6.45) is 1.66. The molecular weight excluding hydrogens is 391 g/mol. The summed E-state index contributed by atoms with van der Waals surface area (Å²) in [5.74, 6) is -0.176. The van der Waals surface area contributed by atoms with Gasteiger partial charge in [-0.05, 0) is 42.0 Å². The molecule has 2 aromatic carbocycles. The Balaban J connectivity index is 1.70. The molecule has 4 aromatic rings. The maximum atomic E-state index is 13.1. The zero-order chi connectivity index (χ0) is 20.2. The molecule has 2 aromatic heterocycles. The molecule has 0 unspecified atom stereocenters. The lowest BCUT2D eigenvalue weighted by Crippen LogP contribution is -2.17. The van der Waals surface area contributed by atoms with Crippen LogP contribution in [-0.2, 0) is 6.54 Å². The van der Waals surface area contributed by atoms with Crippen LogP contribution in [0.2, 0.25) is 5.02 Å². The van der Waals surface area contributed by atoms with Crippen LogP contribution in [0.4, 0.5) is 10.2 Å². The first-order valence-corrected chi connectivity index (χ1v) is 9.28. The molecule has 5 nitrogen and oxygen atoms in total. The number of nitrogens with zero attached hydrogens (tertiary/aromatic N) is 3. The number of rotatable bonds is 5. The Bertz CT molecular complexity index is 1140. The highest BCUT2D eigenvalue weighted by molar-refractivity contribution is 6.33. The molecule has 0 aliphatic rings. The van der Waals surface area contributed by atoms with Crippen LogP contribution in [0.3, 0.4) is 0 Å². The number of carbonyl (C=O) groups excluding carboxylic acids is 1. The van der Waals surface area contributed by atoms with Crippen LogP contribution in [0.25, 0.3) is 11.4 Å². The third kappa shape index (κ3) is 4.17. The molecule has 0 saturated carbocycles. The Morgan fingerprint density at radius 1 is 1.00 bits per heavy atom. The summed E-state index contributed by atoms with van der Waals surface area (Å²) >= 11 is 6.20. The molecule has 0 radical (unpaired) electrons. The molecule has 2 heterocycles. The van der Waals surface area contributed by atoms with E-state index in [2.05, 4.69) is 15.4 Å². The van der Waals surface area contributed by atoms with E-state index < -0.39 is 0 Å². The van der Waals surface area contributed by atoms with Gasteiger partial charge in [0.05, 0.1) is 16.3 Å². The number of halogens is 2. The Morgan fingerprint density at radius 3 is 2.48 bits per heavy atom. The van der Waals surface area contributed by atoms with Gasteiger partial charge in [-0.3, -0.25) is 9.78 Å². The van der Waals surface area contributed by atoms with Crippen LogP contribution in [0.1, 0.15) is 15.9 Å². The van der Waals surface area contributed by atoms with E-state index in [1.807, 2.05) is 18.2 Å². The Kier molecular flexibility index (Phi) is 5.35. The predicted octanol–water partition coefficient (Wildman–Crippen LogP) is 5.04. The number of aromatic nitrogens is 3. The van der Waals surface area contributed by atoms with Crippen molar-refractivity contribution in [3.63, 3.8) is 0 Å². The van der Waals surface area contributed by atoms with Gasteiger partial charge < -0.3 is 5.32 Å². The van der Waals surface area contributed by atoms with Gasteiger partial charge in [-0.1, -0.05) is 41.9 Å². The topological polar surface area (TPSA) is 59.8 Å². The number of hydrogen-bond acceptors (Lipinski definition) is 4. The summed E-state index contributed by atoms with van der Waals surface area (Å²) in [5.41, 5.74) is 2.40. The SMILES string of the molecule is O=C(c1ccccc1Cl)n1nc(-c2ccccn2)cc1NCc1ccc(F)cc1. The smallest absolute Gasteiger partial charge is 0.281 e. The first kappa shape index (κ1) is 18.8. The van der Waals surface area contributed by atoms with Crippen molar-refractivity contribution in [2.45, 2.75) is 6.54 Å². The highest BCUT2D eigenvalue weighted by Gasteiger charge is 2.19. The quantitative estimate of drug-likeness (QED) is 0.504. The molecule has 0 bridgehead atoms. The minimum Gasteiger partial charge on any atom is -0.366 e. The van der Waals surface area contributed by atoms with Gasteiger partial charge in [0, 0.05) is 18.8 Å². The van der Waals surface area contributed by atoms with Crippen LogP contribution in [0.15, 0.2) is 79.0 Å². The van der Waals surface area contributed by atoms with Crippen molar-refractivity contribution in [2.75, 3.05) is 5.32 Å². The van der Waals surface area contributed by atoms with Crippen LogP contribution in [0.5, 0.6) is 0 Å². The predicted molar refractivity (Wildman–Crippen MR) is 110 cm³/mol. The van der Waals surface area contributed by atoms with E-state index in [9.17, 15) is 9.18 Å². The monoisotopic (exact) mass is 406 g/mol. The second kappa shape index (κ2) is 8.24. The normalized spacial score (nSPS) is 10.7. The van der Waals surface area contributed by atoms with Crippen LogP contribution < -0.4 is 5.32 Å². The van der Waals surface area contributed by atoms with E-state index in [0.717, 1.165) is 5.56 Å². The molecule has 0 amide bonds. The minimum atomic E-state index is -0.362. The Hall–Kier alpha value is -3.51. The molecule has 0 spiro atoms. The van der Waals surface area contributed by atoms with Gasteiger partial charge in [0.25, 0.3) is 5.91 Å². The summed E-state index contributed by atoms with van der Waals surface area (Å²) in [5, 5.41) is 7.99. The molecule has 0 aliphatic carbocycles. The maximum absolute atomic E-state index is 13.1. The average molecular weight is 407 g/mol. The molecule has 1 N–H and O–H groups in total. The fraction of sp³-hybridized carbons (Fsp3) is 0.0455. The van der Waals surface area contributed by atoms with E-state index in [0.29, 0.717) is 34.3 Å². The maximum Gasteiger partial charge on any atom is 0.281 e. The lowest BCUT2D eigenvalue weighted by Gasteiger charge is -2.09. The number of pyridine rings is 1. The van der Waals surface area contributed by atoms with Gasteiger partial charge in [-0.25, -0.2) is 4.39 Å². The summed E-state index contributed by atoms with van der Waals surface area (Å²) in [4.78, 5) is 17.4. The minimum absolute atomic E-state index is 0.301. The van der Waals surface area contributed by atoms with Crippen molar-refractivity contribution in [1.29, 1.82) is 0 Å². The lowest BCUT2D eigenvalue weighted by molar-refractivity contribution is 0.0948. The summed E-state index contributed by atoms with van der Waals surface area (Å²) in [6.45, 7) is 0.392. The molecule has 7 heteroatoms. The van der Waals surface area contributed by atoms with Crippen molar-refractivity contribution in [2.24, 2.45) is 0 Å². The highest BCUT2D eigenvalue weighted by Crippen LogP contribution is 2.24. The molecule has 29 heavy (non-hydrogen) atoms. The number of carbonyl (C=O) groups is 1. The summed E-state index contributed by atoms with van der Waals surface area (Å²) in [6, 6.07) is 20.2. The number of benzene rings is 2. The van der Waals surface area contributed by atoms with Crippen LogP contribution >= 0.6 is 11.6 Å². The van der Waals surface area contributed by atoms with E-state index in [1.54, 1.807) is 48.7 Å². The van der Waals surface area contributed by atoms with Gasteiger partial charge in [0.1, 0.15) is 17.3 Å². The van der Waals surface area contributed by atoms with Gasteiger partial charge >= 0.3 is 0 Å². The standard InChI is InChI=1S/C22H16ClFN4O/c23-18-6-2-1-5-17(18)22(29)28-21(26-14-15-8-10-16(24)11-9-15)13-20(27-28)19-7-3-4-12-25-19/h1-13,26H,14H2. The second-order valence-corrected chi connectivity index (χ2v) is 6.71. The number of hydrogen-bond donors (Lipinski definition) is 1. The lowest BCUT2D eigenvalue weighted by atomic mass is 10.2. The van der Waals surface area contributed by atoms with Crippen molar-refractivity contribution < 1.29 is 9.18 Å². The molecule has 144 valence electrons. The summed E-state index contributed by atoms with van der Waals surface area (Å²) < 4.78 is 14.4. The molecule has 0 atom stereocenters.